The summed E-state index contributed by atoms with van der Waals surface area (Å²) in [5, 5.41) is 0. The normalized spacial score (nSPS) is 61.7. The van der Waals surface area contributed by atoms with Crippen molar-refractivity contribution >= 4 is 5.78 Å². The van der Waals surface area contributed by atoms with E-state index < -0.39 is 0 Å². The van der Waals surface area contributed by atoms with Crippen molar-refractivity contribution in [3.8, 4) is 0 Å². The average molecular weight is 168 g/mol. The Bertz CT molecular complexity index is 244. The van der Waals surface area contributed by atoms with E-state index >= 15 is 0 Å². The molecule has 4 rings (SSSR count). The van der Waals surface area contributed by atoms with Gasteiger partial charge in [0.05, 0.1) is 12.2 Å². The highest BCUT2D eigenvalue weighted by Gasteiger charge is 2.63. The monoisotopic (exact) mass is 168 g/mol. The van der Waals surface area contributed by atoms with Crippen molar-refractivity contribution in [3.05, 3.63) is 0 Å². The van der Waals surface area contributed by atoms with Gasteiger partial charge in [0.25, 0.3) is 0 Å². The quantitative estimate of drug-likeness (QED) is 0.524. The Labute approximate surface area is 71.0 Å². The van der Waals surface area contributed by atoms with E-state index in [1.807, 2.05) is 6.92 Å². The molecular formula is C9H12O3. The number of ketones is 1. The van der Waals surface area contributed by atoms with E-state index in [2.05, 4.69) is 6.92 Å². The van der Waals surface area contributed by atoms with Crippen LogP contribution < -0.4 is 0 Å². The Kier molecular flexibility index (Phi) is 1.12. The smallest absolute Gasteiger partial charge is 0.193 e. The van der Waals surface area contributed by atoms with Crippen LogP contribution in [0.25, 0.3) is 0 Å². The van der Waals surface area contributed by atoms with Crippen LogP contribution in [-0.4, -0.2) is 30.2 Å². The Hall–Kier alpha value is -0.410. The molecule has 0 unspecified atom stereocenters. The Morgan fingerprint density at radius 3 is 2.33 bits per heavy atom. The van der Waals surface area contributed by atoms with E-state index in [9.17, 15) is 4.79 Å². The minimum atomic E-state index is -0.230. The van der Waals surface area contributed by atoms with Crippen LogP contribution in [0.5, 0.6) is 0 Å². The summed E-state index contributed by atoms with van der Waals surface area (Å²) in [7, 11) is 0. The predicted octanol–water partition coefficient (Wildman–Crippen LogP) is 0.376. The lowest BCUT2D eigenvalue weighted by molar-refractivity contribution is -0.151. The number of hydrogen-bond donors (Lipinski definition) is 0. The summed E-state index contributed by atoms with van der Waals surface area (Å²) in [6, 6.07) is 0. The van der Waals surface area contributed by atoms with Gasteiger partial charge in [0.1, 0.15) is 12.2 Å². The van der Waals surface area contributed by atoms with Crippen LogP contribution in [0.2, 0.25) is 0 Å². The molecular weight excluding hydrogens is 156 g/mol. The summed E-state index contributed by atoms with van der Waals surface area (Å²) in [4.78, 5) is 11.5. The molecule has 0 N–H and O–H groups in total. The van der Waals surface area contributed by atoms with Crippen molar-refractivity contribution < 1.29 is 14.3 Å². The van der Waals surface area contributed by atoms with Gasteiger partial charge in [-0.1, -0.05) is 13.8 Å². The molecule has 4 aliphatic rings. The van der Waals surface area contributed by atoms with E-state index in [1.165, 1.54) is 0 Å². The van der Waals surface area contributed by atoms with Crippen molar-refractivity contribution in [3.63, 3.8) is 0 Å². The molecule has 0 aromatic heterocycles. The molecule has 4 saturated heterocycles. The van der Waals surface area contributed by atoms with Gasteiger partial charge < -0.3 is 9.47 Å². The summed E-state index contributed by atoms with van der Waals surface area (Å²) in [6.07, 6.45) is -0.0682. The Morgan fingerprint density at radius 2 is 1.67 bits per heavy atom. The maximum Gasteiger partial charge on any atom is 0.193 e. The SMILES string of the molecule is C[C@@H]1[C@@H]2O[C@@H]3C(=O)[C@H]1O[C@@H]3[C@H]2C. The highest BCUT2D eigenvalue weighted by molar-refractivity contribution is 5.91. The average Bonchev–Trinajstić information content (AvgIpc) is 2.43. The first-order valence-corrected chi connectivity index (χ1v) is 4.55. The highest BCUT2D eigenvalue weighted by Crippen LogP contribution is 2.47. The van der Waals surface area contributed by atoms with Crippen LogP contribution in [0, 0.1) is 11.8 Å². The Balaban J connectivity index is 2.06. The first-order valence-electron chi connectivity index (χ1n) is 4.55. The van der Waals surface area contributed by atoms with E-state index in [4.69, 9.17) is 9.47 Å². The largest absolute Gasteiger partial charge is 0.364 e. The second kappa shape index (κ2) is 1.91. The maximum absolute atomic E-state index is 11.5. The van der Waals surface area contributed by atoms with Crippen LogP contribution in [0.1, 0.15) is 13.8 Å². The molecule has 0 spiro atoms. The molecule has 6 atom stereocenters. The second-order valence-corrected chi connectivity index (χ2v) is 4.16. The lowest BCUT2D eigenvalue weighted by Gasteiger charge is -2.34. The summed E-state index contributed by atoms with van der Waals surface area (Å²) in [6.45, 7) is 4.15. The highest BCUT2D eigenvalue weighted by atomic mass is 16.6. The maximum atomic E-state index is 11.5. The van der Waals surface area contributed by atoms with Crippen LogP contribution in [0.4, 0.5) is 0 Å². The molecule has 0 aromatic carbocycles. The van der Waals surface area contributed by atoms with Gasteiger partial charge in [0.2, 0.25) is 0 Å². The fraction of sp³-hybridized carbons (Fsp3) is 0.889. The van der Waals surface area contributed by atoms with E-state index in [-0.39, 0.29) is 36.1 Å². The fourth-order valence-corrected chi connectivity index (χ4v) is 2.81. The summed E-state index contributed by atoms with van der Waals surface area (Å²) in [5.74, 6) is 0.822. The van der Waals surface area contributed by atoms with Crippen molar-refractivity contribution in [2.75, 3.05) is 0 Å². The third kappa shape index (κ3) is 0.559. The van der Waals surface area contributed by atoms with Gasteiger partial charge in [-0.3, -0.25) is 4.79 Å². The zero-order valence-electron chi connectivity index (χ0n) is 7.19. The van der Waals surface area contributed by atoms with Crippen LogP contribution in [-0.2, 0) is 14.3 Å². The molecule has 4 aliphatic heterocycles. The lowest BCUT2D eigenvalue weighted by Crippen LogP contribution is -2.45. The fourth-order valence-electron chi connectivity index (χ4n) is 2.81. The van der Waals surface area contributed by atoms with Gasteiger partial charge in [0.15, 0.2) is 5.78 Å². The van der Waals surface area contributed by atoms with E-state index in [1.54, 1.807) is 0 Å². The number of carbonyl (C=O) groups excluding carboxylic acids is 1. The minimum Gasteiger partial charge on any atom is -0.364 e. The Morgan fingerprint density at radius 1 is 1.00 bits per heavy atom. The van der Waals surface area contributed by atoms with Crippen molar-refractivity contribution in [1.29, 1.82) is 0 Å². The molecule has 0 amide bonds. The van der Waals surface area contributed by atoms with Crippen LogP contribution in [0.3, 0.4) is 0 Å². The van der Waals surface area contributed by atoms with Gasteiger partial charge in [-0.05, 0) is 0 Å². The van der Waals surface area contributed by atoms with Gasteiger partial charge in [-0.25, -0.2) is 0 Å². The standard InChI is InChI=1S/C9H12O3/c1-3-6-4(2)8-9(11-6)5(10)7(3)12-8/h3-4,6-9H,1-2H3/t3-,4+,6+,7+,8-,9-/m1/s1. The second-order valence-electron chi connectivity index (χ2n) is 4.16. The molecule has 3 nitrogen and oxygen atoms in total. The number of Topliss-reactive ketones (excluding diaryl/α,β-unsaturated/α-hetero) is 1. The molecule has 4 bridgehead atoms. The van der Waals surface area contributed by atoms with Gasteiger partial charge in [-0.2, -0.15) is 0 Å². The van der Waals surface area contributed by atoms with Crippen molar-refractivity contribution in [2.24, 2.45) is 11.8 Å². The molecule has 0 aromatic rings. The zero-order valence-corrected chi connectivity index (χ0v) is 7.19. The van der Waals surface area contributed by atoms with Crippen molar-refractivity contribution in [1.82, 2.24) is 0 Å². The first-order chi connectivity index (χ1) is 5.70. The number of rotatable bonds is 0. The molecule has 0 radical (unpaired) electrons. The van der Waals surface area contributed by atoms with Crippen LogP contribution >= 0.6 is 0 Å². The van der Waals surface area contributed by atoms with Crippen molar-refractivity contribution in [2.45, 2.75) is 38.3 Å². The van der Waals surface area contributed by atoms with E-state index in [0.717, 1.165) is 0 Å². The minimum absolute atomic E-state index is 0.0590. The molecule has 4 heterocycles. The lowest BCUT2D eigenvalue weighted by atomic mass is 9.87. The van der Waals surface area contributed by atoms with Gasteiger partial charge in [0, 0.05) is 11.8 Å². The predicted molar refractivity (Wildman–Crippen MR) is 40.7 cm³/mol. The summed E-state index contributed by atoms with van der Waals surface area (Å²) in [5.41, 5.74) is 0. The van der Waals surface area contributed by atoms with E-state index in [0.29, 0.717) is 5.92 Å². The molecule has 0 saturated carbocycles. The molecule has 12 heavy (non-hydrogen) atoms. The zero-order chi connectivity index (χ0) is 8.46. The molecule has 4 fully saturated rings. The number of hydrogen-bond acceptors (Lipinski definition) is 3. The van der Waals surface area contributed by atoms with Crippen LogP contribution in [0.15, 0.2) is 0 Å². The van der Waals surface area contributed by atoms with Gasteiger partial charge >= 0.3 is 0 Å². The molecule has 3 heteroatoms. The number of carbonyl (C=O) groups is 1. The first kappa shape index (κ1) is 7.04. The molecule has 0 aliphatic carbocycles. The summed E-state index contributed by atoms with van der Waals surface area (Å²) >= 11 is 0. The topological polar surface area (TPSA) is 35.5 Å². The number of ether oxygens (including phenoxy) is 2. The third-order valence-corrected chi connectivity index (χ3v) is 3.50. The third-order valence-electron chi connectivity index (χ3n) is 3.50. The van der Waals surface area contributed by atoms with Gasteiger partial charge in [-0.15, -0.1) is 0 Å². The summed E-state index contributed by atoms with van der Waals surface area (Å²) < 4.78 is 11.2. The molecule has 66 valence electrons.